The molecule has 0 bridgehead atoms. The minimum absolute atomic E-state index is 0.0283. The quantitative estimate of drug-likeness (QED) is 0.654. The Morgan fingerprint density at radius 1 is 1.22 bits per heavy atom. The molecular weight excluding hydrogens is 299 g/mol. The largest absolute Gasteiger partial charge is 0.452 e. The van der Waals surface area contributed by atoms with Crippen LogP contribution in [0.15, 0.2) is 42.5 Å². The average molecular weight is 316 g/mol. The number of rotatable bonds is 5. The zero-order chi connectivity index (χ0) is 16.8. The zero-order valence-corrected chi connectivity index (χ0v) is 12.6. The Labute approximate surface area is 133 Å². The molecule has 0 atom stereocenters. The van der Waals surface area contributed by atoms with Gasteiger partial charge in [-0.1, -0.05) is 24.3 Å². The Morgan fingerprint density at radius 2 is 1.96 bits per heavy atom. The van der Waals surface area contributed by atoms with Gasteiger partial charge in [-0.25, -0.2) is 9.18 Å². The van der Waals surface area contributed by atoms with Crippen LogP contribution in [0.2, 0.25) is 0 Å². The minimum Gasteiger partial charge on any atom is -0.452 e. The summed E-state index contributed by atoms with van der Waals surface area (Å²) in [6, 6.07) is 10.9. The average Bonchev–Trinajstić information content (AvgIpc) is 2.54. The molecule has 3 N–H and O–H groups in total. The number of halogens is 1. The van der Waals surface area contributed by atoms with Gasteiger partial charge in [-0.2, -0.15) is 0 Å². The van der Waals surface area contributed by atoms with E-state index in [0.29, 0.717) is 11.3 Å². The second-order valence-electron chi connectivity index (χ2n) is 5.02. The number of nitrogens with one attached hydrogen (secondary N) is 1. The normalized spacial score (nSPS) is 10.2. The Hall–Kier alpha value is -2.89. The summed E-state index contributed by atoms with van der Waals surface area (Å²) in [6.45, 7) is 1.40. The van der Waals surface area contributed by atoms with Crippen LogP contribution in [0.5, 0.6) is 0 Å². The van der Waals surface area contributed by atoms with Crippen molar-refractivity contribution in [2.75, 3.05) is 12.3 Å². The van der Waals surface area contributed by atoms with Gasteiger partial charge in [-0.05, 0) is 30.7 Å². The number of anilines is 1. The maximum atomic E-state index is 13.4. The van der Waals surface area contributed by atoms with Crippen molar-refractivity contribution in [3.63, 3.8) is 0 Å². The van der Waals surface area contributed by atoms with Crippen LogP contribution in [-0.2, 0) is 16.1 Å². The standard InChI is InChI=1S/C17H17FN2O3/c1-11-6-7-12(8-15(11)19)17(22)23-10-16(21)20-9-13-4-2-3-5-14(13)18/h2-8H,9-10,19H2,1H3,(H,20,21). The number of carbonyl (C=O) groups excluding carboxylic acids is 2. The molecule has 0 saturated heterocycles. The Morgan fingerprint density at radius 3 is 2.65 bits per heavy atom. The molecule has 0 aliphatic heterocycles. The SMILES string of the molecule is Cc1ccc(C(=O)OCC(=O)NCc2ccccc2F)cc1N. The maximum absolute atomic E-state index is 13.4. The summed E-state index contributed by atoms with van der Waals surface area (Å²) in [5.74, 6) is -1.56. The highest BCUT2D eigenvalue weighted by atomic mass is 19.1. The van der Waals surface area contributed by atoms with E-state index in [4.69, 9.17) is 10.5 Å². The summed E-state index contributed by atoms with van der Waals surface area (Å²) in [7, 11) is 0. The summed E-state index contributed by atoms with van der Waals surface area (Å²) < 4.78 is 18.3. The molecule has 0 saturated carbocycles. The molecule has 1 amide bonds. The molecular formula is C17H17FN2O3. The molecule has 6 heteroatoms. The van der Waals surface area contributed by atoms with Crippen LogP contribution in [0, 0.1) is 12.7 Å². The van der Waals surface area contributed by atoms with Crippen molar-refractivity contribution in [2.24, 2.45) is 0 Å². The van der Waals surface area contributed by atoms with E-state index in [1.807, 2.05) is 6.92 Å². The molecule has 120 valence electrons. The van der Waals surface area contributed by atoms with Gasteiger partial charge in [-0.3, -0.25) is 4.79 Å². The van der Waals surface area contributed by atoms with Gasteiger partial charge >= 0.3 is 5.97 Å². The molecule has 5 nitrogen and oxygen atoms in total. The van der Waals surface area contributed by atoms with Gasteiger partial charge in [0.2, 0.25) is 0 Å². The fourth-order valence-electron chi connectivity index (χ4n) is 1.87. The lowest BCUT2D eigenvalue weighted by molar-refractivity contribution is -0.124. The fourth-order valence-corrected chi connectivity index (χ4v) is 1.87. The van der Waals surface area contributed by atoms with Crippen molar-refractivity contribution in [3.8, 4) is 0 Å². The van der Waals surface area contributed by atoms with E-state index in [9.17, 15) is 14.0 Å². The lowest BCUT2D eigenvalue weighted by atomic mass is 10.1. The monoisotopic (exact) mass is 316 g/mol. The van der Waals surface area contributed by atoms with Crippen molar-refractivity contribution in [3.05, 3.63) is 65.0 Å². The predicted molar refractivity (Wildman–Crippen MR) is 84.1 cm³/mol. The van der Waals surface area contributed by atoms with Crippen LogP contribution in [0.25, 0.3) is 0 Å². The zero-order valence-electron chi connectivity index (χ0n) is 12.6. The number of aryl methyl sites for hydroxylation is 1. The van der Waals surface area contributed by atoms with Gasteiger partial charge in [0.05, 0.1) is 5.56 Å². The second kappa shape index (κ2) is 7.40. The van der Waals surface area contributed by atoms with Crippen LogP contribution in [0.1, 0.15) is 21.5 Å². The Balaban J connectivity index is 1.83. The number of amides is 1. The van der Waals surface area contributed by atoms with E-state index in [1.165, 1.54) is 12.1 Å². The van der Waals surface area contributed by atoms with Crippen LogP contribution in [0.3, 0.4) is 0 Å². The highest BCUT2D eigenvalue weighted by Gasteiger charge is 2.11. The molecule has 2 rings (SSSR count). The van der Waals surface area contributed by atoms with E-state index in [1.54, 1.807) is 30.3 Å². The summed E-state index contributed by atoms with van der Waals surface area (Å²) in [6.07, 6.45) is 0. The van der Waals surface area contributed by atoms with Crippen molar-refractivity contribution < 1.29 is 18.7 Å². The number of hydrogen-bond acceptors (Lipinski definition) is 4. The molecule has 0 radical (unpaired) electrons. The fraction of sp³-hybridized carbons (Fsp3) is 0.176. The molecule has 0 aliphatic rings. The van der Waals surface area contributed by atoms with Gasteiger partial charge in [0.15, 0.2) is 6.61 Å². The summed E-state index contributed by atoms with van der Waals surface area (Å²) in [5, 5.41) is 2.49. The smallest absolute Gasteiger partial charge is 0.338 e. The van der Waals surface area contributed by atoms with Gasteiger partial charge in [0.1, 0.15) is 5.82 Å². The van der Waals surface area contributed by atoms with Crippen LogP contribution in [0.4, 0.5) is 10.1 Å². The number of ether oxygens (including phenoxy) is 1. The third kappa shape index (κ3) is 4.54. The molecule has 2 aromatic rings. The van der Waals surface area contributed by atoms with Crippen molar-refractivity contribution in [1.29, 1.82) is 0 Å². The summed E-state index contributed by atoms with van der Waals surface area (Å²) in [5.41, 5.74) is 7.68. The van der Waals surface area contributed by atoms with Gasteiger partial charge in [0.25, 0.3) is 5.91 Å². The van der Waals surface area contributed by atoms with Crippen molar-refractivity contribution >= 4 is 17.6 Å². The highest BCUT2D eigenvalue weighted by Crippen LogP contribution is 2.13. The van der Waals surface area contributed by atoms with Crippen molar-refractivity contribution in [2.45, 2.75) is 13.5 Å². The lowest BCUT2D eigenvalue weighted by Crippen LogP contribution is -2.28. The number of nitrogen functional groups attached to an aromatic ring is 1. The van der Waals surface area contributed by atoms with Gasteiger partial charge < -0.3 is 15.8 Å². The third-order valence-corrected chi connectivity index (χ3v) is 3.28. The Bertz CT molecular complexity index is 732. The van der Waals surface area contributed by atoms with E-state index in [0.717, 1.165) is 5.56 Å². The van der Waals surface area contributed by atoms with E-state index >= 15 is 0 Å². The van der Waals surface area contributed by atoms with Crippen LogP contribution >= 0.6 is 0 Å². The van der Waals surface area contributed by atoms with Gasteiger partial charge in [-0.15, -0.1) is 0 Å². The van der Waals surface area contributed by atoms with Crippen molar-refractivity contribution in [1.82, 2.24) is 5.32 Å². The number of hydrogen-bond donors (Lipinski definition) is 2. The maximum Gasteiger partial charge on any atom is 0.338 e. The van der Waals surface area contributed by atoms with E-state index < -0.39 is 24.3 Å². The third-order valence-electron chi connectivity index (χ3n) is 3.28. The second-order valence-corrected chi connectivity index (χ2v) is 5.02. The van der Waals surface area contributed by atoms with Gasteiger partial charge in [0, 0.05) is 17.8 Å². The first kappa shape index (κ1) is 16.5. The molecule has 0 heterocycles. The minimum atomic E-state index is -0.641. The van der Waals surface area contributed by atoms with E-state index in [-0.39, 0.29) is 12.1 Å². The number of benzene rings is 2. The number of carbonyl (C=O) groups is 2. The molecule has 0 aliphatic carbocycles. The molecule has 0 unspecified atom stereocenters. The molecule has 0 fully saturated rings. The topological polar surface area (TPSA) is 81.4 Å². The molecule has 23 heavy (non-hydrogen) atoms. The van der Waals surface area contributed by atoms with E-state index in [2.05, 4.69) is 5.32 Å². The molecule has 0 spiro atoms. The first-order valence-corrected chi connectivity index (χ1v) is 7.00. The molecule has 2 aromatic carbocycles. The predicted octanol–water partition coefficient (Wildman–Crippen LogP) is 2.19. The molecule has 0 aromatic heterocycles. The van der Waals surface area contributed by atoms with Crippen LogP contribution in [-0.4, -0.2) is 18.5 Å². The lowest BCUT2D eigenvalue weighted by Gasteiger charge is -2.08. The van der Waals surface area contributed by atoms with Crippen LogP contribution < -0.4 is 11.1 Å². The first-order chi connectivity index (χ1) is 11.0. The summed E-state index contributed by atoms with van der Waals surface area (Å²) in [4.78, 5) is 23.5. The summed E-state index contributed by atoms with van der Waals surface area (Å²) >= 11 is 0. The number of esters is 1. The Kier molecular flexibility index (Phi) is 5.30. The highest BCUT2D eigenvalue weighted by molar-refractivity contribution is 5.92. The number of nitrogens with two attached hydrogens (primary N) is 1. The first-order valence-electron chi connectivity index (χ1n) is 7.00.